The first-order valence-electron chi connectivity index (χ1n) is 7.73. The molecule has 1 amide bonds. The molecule has 7 heteroatoms. The number of rotatable bonds is 6. The van der Waals surface area contributed by atoms with Gasteiger partial charge in [0.15, 0.2) is 18.1 Å². The predicted octanol–water partition coefficient (Wildman–Crippen LogP) is 2.00. The fourth-order valence-electron chi connectivity index (χ4n) is 2.17. The molecule has 1 aliphatic heterocycles. The second-order valence-corrected chi connectivity index (χ2v) is 5.16. The van der Waals surface area contributed by atoms with E-state index in [2.05, 4.69) is 10.5 Å². The third-order valence-corrected chi connectivity index (χ3v) is 3.40. The van der Waals surface area contributed by atoms with Crippen LogP contribution in [0.4, 0.5) is 0 Å². The summed E-state index contributed by atoms with van der Waals surface area (Å²) in [5, 5.41) is 3.91. The largest absolute Gasteiger partial charge is 0.497 e. The highest BCUT2D eigenvalue weighted by Gasteiger charge is 2.10. The van der Waals surface area contributed by atoms with Gasteiger partial charge in [0.05, 0.1) is 13.3 Å². The van der Waals surface area contributed by atoms with E-state index in [1.165, 1.54) is 6.21 Å². The summed E-state index contributed by atoms with van der Waals surface area (Å²) in [6.45, 7) is 0.933. The molecule has 1 aliphatic rings. The standard InChI is InChI=1S/C18H18N2O5/c1-22-14-3-5-15(6-4-14)25-12-18(21)20-19-11-13-2-7-16-17(10-13)24-9-8-23-16/h2-7,10-11H,8-9,12H2,1H3,(H,20,21)/b19-11-. The lowest BCUT2D eigenvalue weighted by molar-refractivity contribution is -0.123. The number of fused-ring (bicyclic) bond motifs is 1. The molecule has 130 valence electrons. The molecule has 0 aromatic heterocycles. The van der Waals surface area contributed by atoms with Gasteiger partial charge in [-0.3, -0.25) is 4.79 Å². The van der Waals surface area contributed by atoms with E-state index in [9.17, 15) is 4.79 Å². The van der Waals surface area contributed by atoms with E-state index in [1.807, 2.05) is 12.1 Å². The Hall–Kier alpha value is -3.22. The molecule has 3 rings (SSSR count). The van der Waals surface area contributed by atoms with Crippen LogP contribution in [0, 0.1) is 0 Å². The van der Waals surface area contributed by atoms with E-state index in [0.29, 0.717) is 30.5 Å². The fourth-order valence-corrected chi connectivity index (χ4v) is 2.17. The van der Waals surface area contributed by atoms with Crippen molar-refractivity contribution in [1.29, 1.82) is 0 Å². The van der Waals surface area contributed by atoms with Crippen LogP contribution in [0.15, 0.2) is 47.6 Å². The number of nitrogens with one attached hydrogen (secondary N) is 1. The Morgan fingerprint density at radius 2 is 1.84 bits per heavy atom. The van der Waals surface area contributed by atoms with E-state index in [1.54, 1.807) is 37.4 Å². The Bertz CT molecular complexity index is 759. The highest BCUT2D eigenvalue weighted by atomic mass is 16.6. The van der Waals surface area contributed by atoms with E-state index in [0.717, 1.165) is 11.3 Å². The van der Waals surface area contributed by atoms with E-state index in [-0.39, 0.29) is 12.5 Å². The van der Waals surface area contributed by atoms with Crippen molar-refractivity contribution in [3.8, 4) is 23.0 Å². The Balaban J connectivity index is 1.47. The lowest BCUT2D eigenvalue weighted by atomic mass is 10.2. The number of ether oxygens (including phenoxy) is 4. The molecular weight excluding hydrogens is 324 g/mol. The molecular formula is C18H18N2O5. The van der Waals surface area contributed by atoms with Crippen LogP contribution in [0.1, 0.15) is 5.56 Å². The number of hydrogen-bond donors (Lipinski definition) is 1. The Kier molecular flexibility index (Phi) is 5.36. The summed E-state index contributed by atoms with van der Waals surface area (Å²) in [6.07, 6.45) is 1.53. The third kappa shape index (κ3) is 4.63. The van der Waals surface area contributed by atoms with Crippen molar-refractivity contribution in [3.63, 3.8) is 0 Å². The number of hydrogen-bond acceptors (Lipinski definition) is 6. The molecule has 1 heterocycles. The summed E-state index contributed by atoms with van der Waals surface area (Å²) in [4.78, 5) is 11.7. The number of hydrazone groups is 1. The van der Waals surface area contributed by atoms with Gasteiger partial charge in [-0.25, -0.2) is 5.43 Å². The minimum absolute atomic E-state index is 0.134. The summed E-state index contributed by atoms with van der Waals surface area (Å²) in [5.74, 6) is 2.32. The van der Waals surface area contributed by atoms with Gasteiger partial charge in [0, 0.05) is 0 Å². The number of benzene rings is 2. The molecule has 0 saturated heterocycles. The maximum Gasteiger partial charge on any atom is 0.277 e. The van der Waals surface area contributed by atoms with Crippen molar-refractivity contribution >= 4 is 12.1 Å². The van der Waals surface area contributed by atoms with Crippen LogP contribution in [0.25, 0.3) is 0 Å². The molecule has 0 aliphatic carbocycles. The van der Waals surface area contributed by atoms with Crippen LogP contribution in [-0.2, 0) is 4.79 Å². The molecule has 2 aromatic carbocycles. The normalized spacial score (nSPS) is 12.7. The van der Waals surface area contributed by atoms with Gasteiger partial charge in [-0.15, -0.1) is 0 Å². The zero-order chi connectivity index (χ0) is 17.5. The van der Waals surface area contributed by atoms with Crippen LogP contribution in [0.2, 0.25) is 0 Å². The summed E-state index contributed by atoms with van der Waals surface area (Å²) in [6, 6.07) is 12.4. The van der Waals surface area contributed by atoms with Crippen LogP contribution >= 0.6 is 0 Å². The van der Waals surface area contributed by atoms with Crippen LogP contribution < -0.4 is 24.4 Å². The van der Waals surface area contributed by atoms with Gasteiger partial charge in [-0.05, 0) is 48.0 Å². The average Bonchev–Trinajstić information content (AvgIpc) is 2.66. The first-order chi connectivity index (χ1) is 12.2. The number of carbonyl (C=O) groups is 1. The SMILES string of the molecule is COc1ccc(OCC(=O)N/N=C\c2ccc3c(c2)OCCO3)cc1. The molecule has 0 spiro atoms. The molecule has 0 saturated carbocycles. The third-order valence-electron chi connectivity index (χ3n) is 3.40. The van der Waals surface area contributed by atoms with E-state index < -0.39 is 0 Å². The molecule has 0 fully saturated rings. The number of methoxy groups -OCH3 is 1. The summed E-state index contributed by atoms with van der Waals surface area (Å²) in [5.41, 5.74) is 3.21. The Labute approximate surface area is 145 Å². The first-order valence-corrected chi connectivity index (χ1v) is 7.73. The zero-order valence-corrected chi connectivity index (χ0v) is 13.7. The molecule has 1 N–H and O–H groups in total. The van der Waals surface area contributed by atoms with Crippen molar-refractivity contribution in [3.05, 3.63) is 48.0 Å². The lowest BCUT2D eigenvalue weighted by Crippen LogP contribution is -2.24. The van der Waals surface area contributed by atoms with Gasteiger partial charge in [0.1, 0.15) is 24.7 Å². The van der Waals surface area contributed by atoms with Gasteiger partial charge in [-0.2, -0.15) is 5.10 Å². The van der Waals surface area contributed by atoms with Crippen LogP contribution in [0.5, 0.6) is 23.0 Å². The second-order valence-electron chi connectivity index (χ2n) is 5.16. The van der Waals surface area contributed by atoms with Crippen molar-refractivity contribution in [2.45, 2.75) is 0 Å². The molecule has 7 nitrogen and oxygen atoms in total. The highest BCUT2D eigenvalue weighted by Crippen LogP contribution is 2.30. The second kappa shape index (κ2) is 8.05. The van der Waals surface area contributed by atoms with Gasteiger partial charge in [0.25, 0.3) is 5.91 Å². The van der Waals surface area contributed by atoms with Crippen LogP contribution in [0.3, 0.4) is 0 Å². The maximum absolute atomic E-state index is 11.7. The van der Waals surface area contributed by atoms with Crippen LogP contribution in [-0.4, -0.2) is 39.1 Å². The van der Waals surface area contributed by atoms with E-state index in [4.69, 9.17) is 18.9 Å². The summed E-state index contributed by atoms with van der Waals surface area (Å²) < 4.78 is 21.4. The maximum atomic E-state index is 11.7. The predicted molar refractivity (Wildman–Crippen MR) is 91.7 cm³/mol. The lowest BCUT2D eigenvalue weighted by Gasteiger charge is -2.18. The Morgan fingerprint density at radius 3 is 2.60 bits per heavy atom. The van der Waals surface area contributed by atoms with E-state index >= 15 is 0 Å². The van der Waals surface area contributed by atoms with Gasteiger partial charge < -0.3 is 18.9 Å². The van der Waals surface area contributed by atoms with Gasteiger partial charge in [-0.1, -0.05) is 0 Å². The van der Waals surface area contributed by atoms with Crippen molar-refractivity contribution in [1.82, 2.24) is 5.43 Å². The number of amides is 1. The summed E-state index contributed by atoms with van der Waals surface area (Å²) >= 11 is 0. The first kappa shape index (κ1) is 16.6. The van der Waals surface area contributed by atoms with Gasteiger partial charge >= 0.3 is 0 Å². The smallest absolute Gasteiger partial charge is 0.277 e. The Morgan fingerprint density at radius 1 is 1.12 bits per heavy atom. The molecule has 0 atom stereocenters. The highest BCUT2D eigenvalue weighted by molar-refractivity contribution is 5.83. The molecule has 0 unspecified atom stereocenters. The molecule has 0 radical (unpaired) electrons. The molecule has 25 heavy (non-hydrogen) atoms. The minimum Gasteiger partial charge on any atom is -0.497 e. The monoisotopic (exact) mass is 342 g/mol. The minimum atomic E-state index is -0.357. The summed E-state index contributed by atoms with van der Waals surface area (Å²) in [7, 11) is 1.59. The number of nitrogens with zero attached hydrogens (tertiary/aromatic N) is 1. The van der Waals surface area contributed by atoms with Crippen molar-refractivity contribution in [2.75, 3.05) is 26.9 Å². The van der Waals surface area contributed by atoms with Crippen molar-refractivity contribution < 1.29 is 23.7 Å². The zero-order valence-electron chi connectivity index (χ0n) is 13.7. The van der Waals surface area contributed by atoms with Gasteiger partial charge in [0.2, 0.25) is 0 Å². The quantitative estimate of drug-likeness (QED) is 0.642. The average molecular weight is 342 g/mol. The number of carbonyl (C=O) groups excluding carboxylic acids is 1. The molecule has 2 aromatic rings. The van der Waals surface area contributed by atoms with Crippen molar-refractivity contribution in [2.24, 2.45) is 5.10 Å². The molecule has 0 bridgehead atoms. The fraction of sp³-hybridized carbons (Fsp3) is 0.222. The topological polar surface area (TPSA) is 78.4 Å².